The first-order chi connectivity index (χ1) is 9.53. The Labute approximate surface area is 121 Å². The third-order valence-corrected chi connectivity index (χ3v) is 4.20. The van der Waals surface area contributed by atoms with E-state index in [0.29, 0.717) is 18.1 Å². The Morgan fingerprint density at radius 3 is 2.80 bits per heavy atom. The zero-order chi connectivity index (χ0) is 14.6. The van der Waals surface area contributed by atoms with Crippen molar-refractivity contribution >= 4 is 27.4 Å². The number of halogens is 1. The highest BCUT2D eigenvalue weighted by Gasteiger charge is 2.16. The number of aromatic nitrogens is 4. The normalized spacial score (nSPS) is 11.5. The summed E-state index contributed by atoms with van der Waals surface area (Å²) in [5.41, 5.74) is 0. The van der Waals surface area contributed by atoms with Crippen LogP contribution in [0.1, 0.15) is 5.82 Å². The summed E-state index contributed by atoms with van der Waals surface area (Å²) in [6.45, 7) is 0.197. The molecular weight excluding hydrogens is 304 g/mol. The lowest BCUT2D eigenvalue weighted by Crippen LogP contribution is -2.26. The summed E-state index contributed by atoms with van der Waals surface area (Å²) >= 11 is 5.91. The fraction of sp³-hybridized carbons (Fsp3) is 0.300. The van der Waals surface area contributed by atoms with Crippen LogP contribution in [0.2, 0.25) is 5.02 Å². The van der Waals surface area contributed by atoms with Crippen molar-refractivity contribution in [3.8, 4) is 0 Å². The summed E-state index contributed by atoms with van der Waals surface area (Å²) < 4.78 is 26.5. The van der Waals surface area contributed by atoms with Crippen LogP contribution in [0.4, 0.5) is 5.82 Å². The van der Waals surface area contributed by atoms with E-state index < -0.39 is 10.0 Å². The summed E-state index contributed by atoms with van der Waals surface area (Å²) in [5, 5.41) is 9.33. The van der Waals surface area contributed by atoms with Gasteiger partial charge in [-0.05, 0) is 6.07 Å². The third kappa shape index (κ3) is 3.44. The first-order valence-corrected chi connectivity index (χ1v) is 7.56. The van der Waals surface area contributed by atoms with Crippen LogP contribution < -0.4 is 10.0 Å². The molecule has 2 heterocycles. The molecule has 3 N–H and O–H groups in total. The Bertz CT molecular complexity index is 673. The van der Waals surface area contributed by atoms with Crippen LogP contribution in [0.5, 0.6) is 0 Å². The van der Waals surface area contributed by atoms with E-state index >= 15 is 0 Å². The lowest BCUT2D eigenvalue weighted by Gasteiger charge is -2.08. The quantitative estimate of drug-likeness (QED) is 0.711. The molecule has 0 aliphatic heterocycles. The Balaban J connectivity index is 2.04. The van der Waals surface area contributed by atoms with Crippen molar-refractivity contribution < 1.29 is 8.42 Å². The van der Waals surface area contributed by atoms with Gasteiger partial charge in [0, 0.05) is 26.2 Å². The number of rotatable bonds is 6. The monoisotopic (exact) mass is 316 g/mol. The second-order valence-corrected chi connectivity index (χ2v) is 6.01. The van der Waals surface area contributed by atoms with Gasteiger partial charge in [0.1, 0.15) is 22.9 Å². The van der Waals surface area contributed by atoms with Crippen molar-refractivity contribution in [3.63, 3.8) is 0 Å². The van der Waals surface area contributed by atoms with E-state index in [2.05, 4.69) is 30.2 Å². The number of anilines is 1. The van der Waals surface area contributed by atoms with E-state index in [1.165, 1.54) is 18.6 Å². The molecule has 2 aromatic heterocycles. The average molecular weight is 317 g/mol. The molecular formula is C10H13ClN6O2S. The highest BCUT2D eigenvalue weighted by Crippen LogP contribution is 2.21. The van der Waals surface area contributed by atoms with Gasteiger partial charge < -0.3 is 5.32 Å². The van der Waals surface area contributed by atoms with Crippen LogP contribution in [0.25, 0.3) is 0 Å². The van der Waals surface area contributed by atoms with Crippen LogP contribution in [0.15, 0.2) is 23.5 Å². The Morgan fingerprint density at radius 1 is 1.40 bits per heavy atom. The predicted molar refractivity (Wildman–Crippen MR) is 74.1 cm³/mol. The molecule has 0 spiro atoms. The number of nitrogens with zero attached hydrogens (tertiary/aromatic N) is 3. The molecule has 10 heteroatoms. The van der Waals surface area contributed by atoms with E-state index in [9.17, 15) is 8.42 Å². The number of pyridine rings is 1. The van der Waals surface area contributed by atoms with Crippen LogP contribution >= 0.6 is 11.6 Å². The molecule has 0 saturated heterocycles. The van der Waals surface area contributed by atoms with Gasteiger partial charge in [-0.2, -0.15) is 5.10 Å². The summed E-state index contributed by atoms with van der Waals surface area (Å²) in [7, 11) is -2.00. The van der Waals surface area contributed by atoms with E-state index in [1.54, 1.807) is 7.05 Å². The van der Waals surface area contributed by atoms with E-state index in [0.717, 1.165) is 0 Å². The molecule has 0 aliphatic rings. The van der Waals surface area contributed by atoms with Crippen molar-refractivity contribution in [1.29, 1.82) is 0 Å². The van der Waals surface area contributed by atoms with Gasteiger partial charge in [0.25, 0.3) is 0 Å². The summed E-state index contributed by atoms with van der Waals surface area (Å²) in [5.74, 6) is 1.03. The lowest BCUT2D eigenvalue weighted by molar-refractivity contribution is 0.580. The van der Waals surface area contributed by atoms with Crippen molar-refractivity contribution in [2.75, 3.05) is 18.9 Å². The van der Waals surface area contributed by atoms with Gasteiger partial charge in [0.05, 0.1) is 5.02 Å². The van der Waals surface area contributed by atoms with Gasteiger partial charge >= 0.3 is 0 Å². The standard InChI is InChI=1S/C10H13ClN6O2S/c1-12-10-8(11)4-7(5-13-10)20(18,19)16-3-2-9-14-6-15-17-9/h4-6,16H,2-3H2,1H3,(H,12,13)(H,14,15,17). The molecule has 0 aliphatic carbocycles. The fourth-order valence-electron chi connectivity index (χ4n) is 1.49. The lowest BCUT2D eigenvalue weighted by atomic mass is 10.4. The van der Waals surface area contributed by atoms with Crippen molar-refractivity contribution in [2.45, 2.75) is 11.3 Å². The number of hydrogen-bond donors (Lipinski definition) is 3. The molecule has 0 unspecified atom stereocenters. The maximum Gasteiger partial charge on any atom is 0.242 e. The van der Waals surface area contributed by atoms with Gasteiger partial charge in [-0.25, -0.2) is 23.1 Å². The number of aromatic amines is 1. The largest absolute Gasteiger partial charge is 0.372 e. The van der Waals surface area contributed by atoms with Gasteiger partial charge in [-0.15, -0.1) is 0 Å². The SMILES string of the molecule is CNc1ncc(S(=O)(=O)NCCc2ncn[nH]2)cc1Cl. The zero-order valence-electron chi connectivity index (χ0n) is 10.6. The Morgan fingerprint density at radius 2 is 2.20 bits per heavy atom. The maximum absolute atomic E-state index is 12.0. The Kier molecular flexibility index (Phi) is 4.53. The second-order valence-electron chi connectivity index (χ2n) is 3.83. The molecule has 0 amide bonds. The highest BCUT2D eigenvalue weighted by atomic mass is 35.5. The molecule has 0 aromatic carbocycles. The van der Waals surface area contributed by atoms with Crippen LogP contribution in [0, 0.1) is 0 Å². The minimum Gasteiger partial charge on any atom is -0.372 e. The van der Waals surface area contributed by atoms with Crippen molar-refractivity contribution in [2.24, 2.45) is 0 Å². The minimum absolute atomic E-state index is 0.0130. The fourth-order valence-corrected chi connectivity index (χ4v) is 2.82. The van der Waals surface area contributed by atoms with E-state index in [1.807, 2.05) is 0 Å². The molecule has 8 nitrogen and oxygen atoms in total. The van der Waals surface area contributed by atoms with Gasteiger partial charge in [0.2, 0.25) is 10.0 Å². The van der Waals surface area contributed by atoms with Gasteiger partial charge in [-0.3, -0.25) is 5.10 Å². The van der Waals surface area contributed by atoms with E-state index in [-0.39, 0.29) is 16.5 Å². The summed E-state index contributed by atoms with van der Waals surface area (Å²) in [6.07, 6.45) is 3.02. The maximum atomic E-state index is 12.0. The number of hydrogen-bond acceptors (Lipinski definition) is 6. The number of sulfonamides is 1. The molecule has 2 aromatic rings. The molecule has 0 fully saturated rings. The number of nitrogens with one attached hydrogen (secondary N) is 3. The summed E-state index contributed by atoms with van der Waals surface area (Å²) in [4.78, 5) is 7.85. The molecule has 108 valence electrons. The smallest absolute Gasteiger partial charge is 0.242 e. The molecule has 0 bridgehead atoms. The van der Waals surface area contributed by atoms with Crippen LogP contribution in [0.3, 0.4) is 0 Å². The summed E-state index contributed by atoms with van der Waals surface area (Å²) in [6, 6.07) is 1.34. The predicted octanol–water partition coefficient (Wildman–Crippen LogP) is 0.416. The highest BCUT2D eigenvalue weighted by molar-refractivity contribution is 7.89. The molecule has 2 rings (SSSR count). The number of H-pyrrole nitrogens is 1. The molecule has 0 atom stereocenters. The third-order valence-electron chi connectivity index (χ3n) is 2.48. The van der Waals surface area contributed by atoms with Crippen molar-refractivity contribution in [3.05, 3.63) is 29.4 Å². The Hall–Kier alpha value is -1.71. The average Bonchev–Trinajstić information content (AvgIpc) is 2.91. The molecule has 0 saturated carbocycles. The van der Waals surface area contributed by atoms with Gasteiger partial charge in [0.15, 0.2) is 0 Å². The molecule has 20 heavy (non-hydrogen) atoms. The zero-order valence-corrected chi connectivity index (χ0v) is 12.2. The second kappa shape index (κ2) is 6.16. The first kappa shape index (κ1) is 14.7. The first-order valence-electron chi connectivity index (χ1n) is 5.70. The topological polar surface area (TPSA) is 113 Å². The molecule has 0 radical (unpaired) electrons. The van der Waals surface area contributed by atoms with E-state index in [4.69, 9.17) is 11.6 Å². The van der Waals surface area contributed by atoms with Crippen LogP contribution in [-0.2, 0) is 16.4 Å². The van der Waals surface area contributed by atoms with Crippen molar-refractivity contribution in [1.82, 2.24) is 24.9 Å². The van der Waals surface area contributed by atoms with Crippen LogP contribution in [-0.4, -0.2) is 42.2 Å². The van der Waals surface area contributed by atoms with Gasteiger partial charge in [-0.1, -0.05) is 11.6 Å². The minimum atomic E-state index is -3.65.